The Balaban J connectivity index is 2.79. The van der Waals surface area contributed by atoms with E-state index < -0.39 is 0 Å². The van der Waals surface area contributed by atoms with E-state index in [4.69, 9.17) is 11.6 Å². The van der Waals surface area contributed by atoms with Gasteiger partial charge in [0.05, 0.1) is 0 Å². The minimum atomic E-state index is -0.264. The maximum atomic E-state index is 11.6. The van der Waals surface area contributed by atoms with Crippen LogP contribution in [-0.2, 0) is 4.79 Å². The van der Waals surface area contributed by atoms with Crippen LogP contribution in [0, 0.1) is 5.92 Å². The zero-order valence-corrected chi connectivity index (χ0v) is 10.5. The molecular formula is C12H15ClN2O2. The number of benzene rings is 1. The number of hydrogen-bond donors (Lipinski definition) is 2. The monoisotopic (exact) mass is 254 g/mol. The third-order valence-electron chi connectivity index (χ3n) is 2.30. The fraction of sp³-hybridized carbons (Fsp3) is 0.333. The first-order valence-electron chi connectivity index (χ1n) is 5.27. The Morgan fingerprint density at radius 2 is 2.12 bits per heavy atom. The van der Waals surface area contributed by atoms with Gasteiger partial charge in [-0.1, -0.05) is 13.0 Å². The molecule has 2 N–H and O–H groups in total. The molecule has 0 aromatic heterocycles. The minimum Gasteiger partial charge on any atom is -0.355 e. The average Bonchev–Trinajstić information content (AvgIpc) is 2.37. The third-order valence-corrected chi connectivity index (χ3v) is 2.76. The largest absolute Gasteiger partial charge is 0.355 e. The van der Waals surface area contributed by atoms with Crippen molar-refractivity contribution in [2.75, 3.05) is 18.2 Å². The van der Waals surface area contributed by atoms with Gasteiger partial charge in [0.1, 0.15) is 0 Å². The Labute approximate surface area is 105 Å². The van der Waals surface area contributed by atoms with Crippen molar-refractivity contribution in [2.24, 2.45) is 5.92 Å². The molecule has 1 rings (SSSR count). The first kappa shape index (κ1) is 13.5. The molecule has 2 amide bonds. The van der Waals surface area contributed by atoms with E-state index in [1.54, 1.807) is 38.2 Å². The highest BCUT2D eigenvalue weighted by Gasteiger charge is 2.12. The highest BCUT2D eigenvalue weighted by Crippen LogP contribution is 2.12. The lowest BCUT2D eigenvalue weighted by molar-refractivity contribution is -0.118. The molecule has 1 atom stereocenters. The van der Waals surface area contributed by atoms with Gasteiger partial charge < -0.3 is 10.6 Å². The molecule has 1 aromatic rings. The summed E-state index contributed by atoms with van der Waals surface area (Å²) in [4.78, 5) is 23.0. The summed E-state index contributed by atoms with van der Waals surface area (Å²) in [5.41, 5.74) is 1.09. The lowest BCUT2D eigenvalue weighted by atomic mass is 10.1. The minimum absolute atomic E-state index is 0.158. The van der Waals surface area contributed by atoms with Crippen LogP contribution in [0.4, 0.5) is 5.69 Å². The van der Waals surface area contributed by atoms with Crippen LogP contribution in [0.25, 0.3) is 0 Å². The predicted molar refractivity (Wildman–Crippen MR) is 68.3 cm³/mol. The number of rotatable bonds is 4. The van der Waals surface area contributed by atoms with Crippen LogP contribution in [0.3, 0.4) is 0 Å². The molecule has 0 aliphatic rings. The quantitative estimate of drug-likeness (QED) is 0.806. The SMILES string of the molecule is CNC(=O)c1cccc(NC(=O)C(C)CCl)c1. The van der Waals surface area contributed by atoms with Crippen molar-refractivity contribution in [3.05, 3.63) is 29.8 Å². The van der Waals surface area contributed by atoms with Crippen LogP contribution in [0.1, 0.15) is 17.3 Å². The highest BCUT2D eigenvalue weighted by molar-refractivity contribution is 6.19. The van der Waals surface area contributed by atoms with E-state index in [9.17, 15) is 9.59 Å². The molecule has 0 saturated carbocycles. The summed E-state index contributed by atoms with van der Waals surface area (Å²) in [6.07, 6.45) is 0. The molecule has 4 nitrogen and oxygen atoms in total. The van der Waals surface area contributed by atoms with Gasteiger partial charge in [-0.2, -0.15) is 0 Å². The number of carbonyl (C=O) groups is 2. The summed E-state index contributed by atoms with van der Waals surface area (Å²) < 4.78 is 0. The Morgan fingerprint density at radius 1 is 1.41 bits per heavy atom. The van der Waals surface area contributed by atoms with Crippen LogP contribution in [-0.4, -0.2) is 24.7 Å². The molecule has 0 bridgehead atoms. The normalized spacial score (nSPS) is 11.7. The number of halogens is 1. The molecule has 17 heavy (non-hydrogen) atoms. The summed E-state index contributed by atoms with van der Waals surface area (Å²) in [5, 5.41) is 5.23. The fourth-order valence-corrected chi connectivity index (χ4v) is 1.36. The van der Waals surface area contributed by atoms with Crippen LogP contribution in [0.15, 0.2) is 24.3 Å². The van der Waals surface area contributed by atoms with Gasteiger partial charge in [0.15, 0.2) is 0 Å². The van der Waals surface area contributed by atoms with Crippen molar-refractivity contribution < 1.29 is 9.59 Å². The second-order valence-corrected chi connectivity index (χ2v) is 4.01. The van der Waals surface area contributed by atoms with Gasteiger partial charge >= 0.3 is 0 Å². The van der Waals surface area contributed by atoms with E-state index in [0.717, 1.165) is 0 Å². The summed E-state index contributed by atoms with van der Waals surface area (Å²) in [6.45, 7) is 1.74. The molecule has 1 unspecified atom stereocenters. The maximum absolute atomic E-state index is 11.6. The molecule has 0 radical (unpaired) electrons. The Morgan fingerprint density at radius 3 is 2.71 bits per heavy atom. The van der Waals surface area contributed by atoms with Crippen LogP contribution < -0.4 is 10.6 Å². The lowest BCUT2D eigenvalue weighted by Gasteiger charge is -2.10. The van der Waals surface area contributed by atoms with Crippen molar-refractivity contribution in [2.45, 2.75) is 6.92 Å². The number of amides is 2. The zero-order valence-electron chi connectivity index (χ0n) is 9.79. The second-order valence-electron chi connectivity index (χ2n) is 3.70. The first-order chi connectivity index (χ1) is 8.08. The summed E-state index contributed by atoms with van der Waals surface area (Å²) in [7, 11) is 1.56. The number of alkyl halides is 1. The maximum Gasteiger partial charge on any atom is 0.251 e. The van der Waals surface area contributed by atoms with Crippen molar-refractivity contribution >= 4 is 29.1 Å². The average molecular weight is 255 g/mol. The Bertz CT molecular complexity index is 421. The van der Waals surface area contributed by atoms with Gasteiger partial charge in [-0.15, -0.1) is 11.6 Å². The van der Waals surface area contributed by atoms with E-state index in [1.807, 2.05) is 0 Å². The van der Waals surface area contributed by atoms with E-state index in [-0.39, 0.29) is 23.6 Å². The molecule has 1 aromatic carbocycles. The van der Waals surface area contributed by atoms with Crippen molar-refractivity contribution in [1.82, 2.24) is 5.32 Å². The van der Waals surface area contributed by atoms with Gasteiger partial charge in [-0.3, -0.25) is 9.59 Å². The fourth-order valence-electron chi connectivity index (χ4n) is 1.22. The number of hydrogen-bond acceptors (Lipinski definition) is 2. The van der Waals surface area contributed by atoms with E-state index >= 15 is 0 Å². The standard InChI is InChI=1S/C12H15ClN2O2/c1-8(7-13)11(16)15-10-5-3-4-9(6-10)12(17)14-2/h3-6,8H,7H2,1-2H3,(H,14,17)(H,15,16). The highest BCUT2D eigenvalue weighted by atomic mass is 35.5. The number of carbonyl (C=O) groups excluding carboxylic acids is 2. The predicted octanol–water partition coefficient (Wildman–Crippen LogP) is 1.86. The molecular weight excluding hydrogens is 240 g/mol. The molecule has 0 fully saturated rings. The molecule has 92 valence electrons. The third kappa shape index (κ3) is 3.75. The zero-order chi connectivity index (χ0) is 12.8. The van der Waals surface area contributed by atoms with Gasteiger partial charge in [0.2, 0.25) is 5.91 Å². The smallest absolute Gasteiger partial charge is 0.251 e. The van der Waals surface area contributed by atoms with Crippen LogP contribution >= 0.6 is 11.6 Å². The molecule has 0 saturated heterocycles. The Hall–Kier alpha value is -1.55. The van der Waals surface area contributed by atoms with E-state index in [1.165, 1.54) is 0 Å². The topological polar surface area (TPSA) is 58.2 Å². The molecule has 0 aliphatic carbocycles. The summed E-state index contributed by atoms with van der Waals surface area (Å²) in [6, 6.07) is 6.74. The molecule has 0 heterocycles. The van der Waals surface area contributed by atoms with Crippen LogP contribution in [0.5, 0.6) is 0 Å². The Kier molecular flexibility index (Phi) is 4.97. The molecule has 0 aliphatic heterocycles. The van der Waals surface area contributed by atoms with Crippen molar-refractivity contribution in [1.29, 1.82) is 0 Å². The molecule has 5 heteroatoms. The number of nitrogens with one attached hydrogen (secondary N) is 2. The lowest BCUT2D eigenvalue weighted by Crippen LogP contribution is -2.22. The van der Waals surface area contributed by atoms with Crippen molar-refractivity contribution in [3.63, 3.8) is 0 Å². The summed E-state index contributed by atoms with van der Waals surface area (Å²) >= 11 is 5.59. The number of anilines is 1. The molecule has 0 spiro atoms. The van der Waals surface area contributed by atoms with Gasteiger partial charge in [0, 0.05) is 30.1 Å². The van der Waals surface area contributed by atoms with E-state index in [0.29, 0.717) is 11.3 Å². The van der Waals surface area contributed by atoms with Crippen molar-refractivity contribution in [3.8, 4) is 0 Å². The second kappa shape index (κ2) is 6.25. The summed E-state index contributed by atoms with van der Waals surface area (Å²) in [5.74, 6) is -0.345. The van der Waals surface area contributed by atoms with Gasteiger partial charge in [-0.05, 0) is 18.2 Å². The first-order valence-corrected chi connectivity index (χ1v) is 5.81. The van der Waals surface area contributed by atoms with Gasteiger partial charge in [0.25, 0.3) is 5.91 Å². The van der Waals surface area contributed by atoms with Gasteiger partial charge in [-0.25, -0.2) is 0 Å². The van der Waals surface area contributed by atoms with Crippen LogP contribution in [0.2, 0.25) is 0 Å². The van der Waals surface area contributed by atoms with E-state index in [2.05, 4.69) is 10.6 Å².